The summed E-state index contributed by atoms with van der Waals surface area (Å²) in [6.45, 7) is 2.11. The van der Waals surface area contributed by atoms with Crippen molar-refractivity contribution >= 4 is 22.5 Å². The summed E-state index contributed by atoms with van der Waals surface area (Å²) in [5.74, 6) is 0. The highest BCUT2D eigenvalue weighted by Crippen LogP contribution is 2.22. The molecule has 12 heavy (non-hydrogen) atoms. The van der Waals surface area contributed by atoms with Crippen LogP contribution in [0.1, 0.15) is 12.5 Å². The van der Waals surface area contributed by atoms with E-state index in [1.165, 1.54) is 10.9 Å². The molecule has 2 aromatic rings. The van der Waals surface area contributed by atoms with Gasteiger partial charge >= 0.3 is 0 Å². The van der Waals surface area contributed by atoms with Gasteiger partial charge in [-0.15, -0.1) is 0 Å². The van der Waals surface area contributed by atoms with Crippen molar-refractivity contribution in [2.75, 3.05) is 0 Å². The van der Waals surface area contributed by atoms with Crippen LogP contribution < -0.4 is 0 Å². The van der Waals surface area contributed by atoms with Crippen LogP contribution in [0.25, 0.3) is 10.9 Å². The number of aromatic amines is 1. The summed E-state index contributed by atoms with van der Waals surface area (Å²) in [6.07, 6.45) is 2.82. The van der Waals surface area contributed by atoms with Crippen LogP contribution in [-0.2, 0) is 6.42 Å². The lowest BCUT2D eigenvalue weighted by molar-refractivity contribution is 1.12. The quantitative estimate of drug-likeness (QED) is 0.719. The van der Waals surface area contributed by atoms with Gasteiger partial charge in [-0.3, -0.25) is 5.10 Å². The lowest BCUT2D eigenvalue weighted by Crippen LogP contribution is -1.81. The van der Waals surface area contributed by atoms with E-state index in [1.807, 2.05) is 18.3 Å². The molecule has 0 bridgehead atoms. The Kier molecular flexibility index (Phi) is 1.77. The van der Waals surface area contributed by atoms with Crippen LogP contribution in [0.15, 0.2) is 18.3 Å². The highest BCUT2D eigenvalue weighted by molar-refractivity contribution is 6.31. The Morgan fingerprint density at radius 3 is 3.08 bits per heavy atom. The van der Waals surface area contributed by atoms with E-state index in [2.05, 4.69) is 17.1 Å². The summed E-state index contributed by atoms with van der Waals surface area (Å²) < 4.78 is 0. The molecule has 0 aliphatic rings. The lowest BCUT2D eigenvalue weighted by atomic mass is 10.1. The van der Waals surface area contributed by atoms with Gasteiger partial charge in [0.15, 0.2) is 0 Å². The van der Waals surface area contributed by atoms with Crippen LogP contribution in [0.4, 0.5) is 0 Å². The number of benzene rings is 1. The Labute approximate surface area is 75.5 Å². The molecule has 0 unspecified atom stereocenters. The summed E-state index contributed by atoms with van der Waals surface area (Å²) in [4.78, 5) is 0. The number of aryl methyl sites for hydroxylation is 1. The first kappa shape index (κ1) is 7.62. The molecule has 0 amide bonds. The maximum Gasteiger partial charge on any atom is 0.0667 e. The first-order chi connectivity index (χ1) is 5.81. The normalized spacial score (nSPS) is 10.8. The van der Waals surface area contributed by atoms with E-state index in [0.717, 1.165) is 17.0 Å². The van der Waals surface area contributed by atoms with Gasteiger partial charge in [0.25, 0.3) is 0 Å². The third-order valence-corrected chi connectivity index (χ3v) is 2.21. The van der Waals surface area contributed by atoms with E-state index < -0.39 is 0 Å². The summed E-state index contributed by atoms with van der Waals surface area (Å²) in [7, 11) is 0. The molecule has 2 rings (SSSR count). The maximum absolute atomic E-state index is 5.91. The molecule has 0 spiro atoms. The van der Waals surface area contributed by atoms with Gasteiger partial charge in [-0.25, -0.2) is 0 Å². The van der Waals surface area contributed by atoms with E-state index >= 15 is 0 Å². The van der Waals surface area contributed by atoms with Crippen LogP contribution in [0, 0.1) is 0 Å². The minimum absolute atomic E-state index is 0.767. The molecule has 1 heterocycles. The molecule has 0 aliphatic carbocycles. The number of hydrogen-bond acceptors (Lipinski definition) is 1. The van der Waals surface area contributed by atoms with Gasteiger partial charge in [0.2, 0.25) is 0 Å². The average Bonchev–Trinajstić information content (AvgIpc) is 2.50. The SMILES string of the molecule is CCc1cc(Cl)cc2[nH]ncc12. The summed E-state index contributed by atoms with van der Waals surface area (Å²) in [5.41, 5.74) is 2.26. The predicted octanol–water partition coefficient (Wildman–Crippen LogP) is 2.78. The highest BCUT2D eigenvalue weighted by atomic mass is 35.5. The van der Waals surface area contributed by atoms with Gasteiger partial charge in [-0.1, -0.05) is 18.5 Å². The van der Waals surface area contributed by atoms with E-state index in [1.54, 1.807) is 0 Å². The Morgan fingerprint density at radius 1 is 1.50 bits per heavy atom. The third kappa shape index (κ3) is 1.08. The summed E-state index contributed by atoms with van der Waals surface area (Å²) in [6, 6.07) is 3.88. The molecule has 0 fully saturated rings. The average molecular weight is 181 g/mol. The molecule has 1 aromatic heterocycles. The minimum atomic E-state index is 0.767. The topological polar surface area (TPSA) is 28.7 Å². The number of hydrogen-bond donors (Lipinski definition) is 1. The van der Waals surface area contributed by atoms with Gasteiger partial charge < -0.3 is 0 Å². The Balaban J connectivity index is 2.80. The molecule has 0 radical (unpaired) electrons. The van der Waals surface area contributed by atoms with E-state index in [0.29, 0.717) is 0 Å². The van der Waals surface area contributed by atoms with Crippen molar-refractivity contribution in [2.24, 2.45) is 0 Å². The van der Waals surface area contributed by atoms with Crippen LogP contribution in [0.2, 0.25) is 5.02 Å². The number of nitrogens with one attached hydrogen (secondary N) is 1. The van der Waals surface area contributed by atoms with Gasteiger partial charge in [0.1, 0.15) is 0 Å². The van der Waals surface area contributed by atoms with Crippen molar-refractivity contribution in [3.63, 3.8) is 0 Å². The highest BCUT2D eigenvalue weighted by Gasteiger charge is 2.02. The van der Waals surface area contributed by atoms with Crippen LogP contribution >= 0.6 is 11.6 Å². The molecule has 0 atom stereocenters. The van der Waals surface area contributed by atoms with Crippen LogP contribution in [0.3, 0.4) is 0 Å². The molecular formula is C9H9ClN2. The molecule has 1 N–H and O–H groups in total. The fourth-order valence-corrected chi connectivity index (χ4v) is 1.62. The summed E-state index contributed by atoms with van der Waals surface area (Å²) in [5, 5.41) is 8.80. The molecule has 3 heteroatoms. The third-order valence-electron chi connectivity index (χ3n) is 1.99. The number of nitrogens with zero attached hydrogens (tertiary/aromatic N) is 1. The zero-order valence-corrected chi connectivity index (χ0v) is 7.52. The van der Waals surface area contributed by atoms with Gasteiger partial charge in [-0.2, -0.15) is 5.10 Å². The Bertz CT molecular complexity index is 406. The first-order valence-electron chi connectivity index (χ1n) is 3.92. The monoisotopic (exact) mass is 180 g/mol. The molecule has 62 valence electrons. The largest absolute Gasteiger partial charge is 0.278 e. The van der Waals surface area contributed by atoms with Crippen LogP contribution in [-0.4, -0.2) is 10.2 Å². The second-order valence-electron chi connectivity index (χ2n) is 2.75. The van der Waals surface area contributed by atoms with E-state index in [-0.39, 0.29) is 0 Å². The number of halogens is 1. The molecule has 2 nitrogen and oxygen atoms in total. The fraction of sp³-hybridized carbons (Fsp3) is 0.222. The van der Waals surface area contributed by atoms with Crippen molar-refractivity contribution in [3.05, 3.63) is 28.9 Å². The molecule has 0 aliphatic heterocycles. The predicted molar refractivity (Wildman–Crippen MR) is 50.5 cm³/mol. The van der Waals surface area contributed by atoms with Crippen molar-refractivity contribution in [2.45, 2.75) is 13.3 Å². The number of H-pyrrole nitrogens is 1. The van der Waals surface area contributed by atoms with Crippen molar-refractivity contribution in [1.82, 2.24) is 10.2 Å². The number of aromatic nitrogens is 2. The molecule has 0 saturated carbocycles. The van der Waals surface area contributed by atoms with E-state index in [9.17, 15) is 0 Å². The zero-order valence-electron chi connectivity index (χ0n) is 6.76. The van der Waals surface area contributed by atoms with Crippen LogP contribution in [0.5, 0.6) is 0 Å². The lowest BCUT2D eigenvalue weighted by Gasteiger charge is -1.98. The van der Waals surface area contributed by atoms with Gasteiger partial charge in [0.05, 0.1) is 11.7 Å². The van der Waals surface area contributed by atoms with Gasteiger partial charge in [0, 0.05) is 10.4 Å². The standard InChI is InChI=1S/C9H9ClN2/c1-2-6-3-7(10)4-9-8(6)5-11-12-9/h3-5H,2H2,1H3,(H,11,12). The molecule has 0 saturated heterocycles. The van der Waals surface area contributed by atoms with Crippen molar-refractivity contribution < 1.29 is 0 Å². The second kappa shape index (κ2) is 2.79. The Morgan fingerprint density at radius 2 is 2.33 bits per heavy atom. The maximum atomic E-state index is 5.91. The smallest absolute Gasteiger partial charge is 0.0667 e. The van der Waals surface area contributed by atoms with E-state index in [4.69, 9.17) is 11.6 Å². The molecular weight excluding hydrogens is 172 g/mol. The summed E-state index contributed by atoms with van der Waals surface area (Å²) >= 11 is 5.91. The number of fused-ring (bicyclic) bond motifs is 1. The second-order valence-corrected chi connectivity index (χ2v) is 3.19. The van der Waals surface area contributed by atoms with Gasteiger partial charge in [-0.05, 0) is 24.1 Å². The number of rotatable bonds is 1. The zero-order chi connectivity index (χ0) is 8.55. The molecule has 1 aromatic carbocycles. The Hall–Kier alpha value is -1.02. The fourth-order valence-electron chi connectivity index (χ4n) is 1.38. The van der Waals surface area contributed by atoms with Crippen molar-refractivity contribution in [3.8, 4) is 0 Å². The first-order valence-corrected chi connectivity index (χ1v) is 4.30. The van der Waals surface area contributed by atoms with Crippen molar-refractivity contribution in [1.29, 1.82) is 0 Å². The minimum Gasteiger partial charge on any atom is -0.278 e.